The van der Waals surface area contributed by atoms with Gasteiger partial charge in [-0.05, 0) is 18.2 Å². The Morgan fingerprint density at radius 3 is 2.78 bits per heavy atom. The summed E-state index contributed by atoms with van der Waals surface area (Å²) in [6, 6.07) is 4.48. The molecule has 5 nitrogen and oxygen atoms in total. The summed E-state index contributed by atoms with van der Waals surface area (Å²) in [5.41, 5.74) is 1.15. The Morgan fingerprint density at radius 2 is 2.11 bits per heavy atom. The van der Waals surface area contributed by atoms with Crippen molar-refractivity contribution in [1.82, 2.24) is 9.97 Å². The van der Waals surface area contributed by atoms with Gasteiger partial charge in [-0.2, -0.15) is 0 Å². The van der Waals surface area contributed by atoms with Crippen LogP contribution < -0.4 is 0 Å². The first-order valence-electron chi connectivity index (χ1n) is 5.06. The normalized spacial score (nSPS) is 10.8. The molecule has 0 spiro atoms. The summed E-state index contributed by atoms with van der Waals surface area (Å²) in [5, 5.41) is 18.4. The van der Waals surface area contributed by atoms with E-state index in [1.165, 1.54) is 23.9 Å². The molecule has 0 aliphatic heterocycles. The third-order valence-corrected chi connectivity index (χ3v) is 3.49. The molecule has 1 aromatic carbocycles. The number of carboxylic acids is 1. The van der Waals surface area contributed by atoms with Crippen molar-refractivity contribution in [2.24, 2.45) is 0 Å². The summed E-state index contributed by atoms with van der Waals surface area (Å²) in [5.74, 6) is -0.541. The van der Waals surface area contributed by atoms with Crippen molar-refractivity contribution in [2.45, 2.75) is 5.03 Å². The number of hydrogen-bond donors (Lipinski definition) is 2. The summed E-state index contributed by atoms with van der Waals surface area (Å²) < 4.78 is 0. The lowest BCUT2D eigenvalue weighted by Gasteiger charge is -2.04. The van der Waals surface area contributed by atoms with Gasteiger partial charge in [0.25, 0.3) is 0 Å². The Hall–Kier alpha value is -1.37. The van der Waals surface area contributed by atoms with E-state index >= 15 is 0 Å². The number of carboxylic acid groups (broad SMARTS) is 1. The van der Waals surface area contributed by atoms with Gasteiger partial charge in [0, 0.05) is 5.75 Å². The van der Waals surface area contributed by atoms with Crippen molar-refractivity contribution in [3.63, 3.8) is 0 Å². The molecule has 94 valence electrons. The number of thioether (sulfide) groups is 1. The highest BCUT2D eigenvalue weighted by molar-refractivity contribution is 7.99. The van der Waals surface area contributed by atoms with Crippen LogP contribution in [-0.2, 0) is 0 Å². The molecule has 1 aromatic heterocycles. The van der Waals surface area contributed by atoms with Gasteiger partial charge in [-0.25, -0.2) is 14.8 Å². The van der Waals surface area contributed by atoms with Gasteiger partial charge in [-0.3, -0.25) is 0 Å². The Morgan fingerprint density at radius 1 is 1.33 bits per heavy atom. The van der Waals surface area contributed by atoms with Crippen LogP contribution in [0.3, 0.4) is 0 Å². The highest BCUT2D eigenvalue weighted by Crippen LogP contribution is 2.26. The average molecular weight is 285 g/mol. The lowest BCUT2D eigenvalue weighted by molar-refractivity contribution is 0.0697. The van der Waals surface area contributed by atoms with Crippen LogP contribution in [0.25, 0.3) is 11.0 Å². The number of benzene rings is 1. The minimum Gasteiger partial charge on any atom is -0.478 e. The van der Waals surface area contributed by atoms with Crippen molar-refractivity contribution in [3.8, 4) is 0 Å². The second kappa shape index (κ2) is 5.51. The quantitative estimate of drug-likeness (QED) is 0.836. The van der Waals surface area contributed by atoms with Crippen molar-refractivity contribution in [2.75, 3.05) is 12.4 Å². The molecule has 0 bridgehead atoms. The second-order valence-electron chi connectivity index (χ2n) is 3.40. The highest BCUT2D eigenvalue weighted by atomic mass is 35.5. The van der Waals surface area contributed by atoms with E-state index in [1.807, 2.05) is 0 Å². The number of fused-ring (bicyclic) bond motifs is 1. The number of aromatic carboxylic acids is 1. The number of nitrogens with zero attached hydrogens (tertiary/aromatic N) is 2. The number of halogens is 1. The van der Waals surface area contributed by atoms with Gasteiger partial charge in [0.1, 0.15) is 5.03 Å². The van der Waals surface area contributed by atoms with E-state index in [4.69, 9.17) is 21.8 Å². The molecule has 0 fully saturated rings. The molecule has 2 aromatic rings. The van der Waals surface area contributed by atoms with Crippen LogP contribution in [0, 0.1) is 0 Å². The Kier molecular flexibility index (Phi) is 4.00. The largest absolute Gasteiger partial charge is 0.478 e. The van der Waals surface area contributed by atoms with Gasteiger partial charge in [0.15, 0.2) is 5.15 Å². The molecule has 0 aliphatic carbocycles. The van der Waals surface area contributed by atoms with E-state index in [0.29, 0.717) is 21.8 Å². The fourth-order valence-electron chi connectivity index (χ4n) is 1.38. The standard InChI is InChI=1S/C11H9ClN2O3S/c12-9-10(18-4-3-15)14-7-2-1-6(11(16)17)5-8(7)13-9/h1-2,5,15H,3-4H2,(H,16,17). The Labute approximate surface area is 112 Å². The number of carbonyl (C=O) groups is 1. The molecular weight excluding hydrogens is 276 g/mol. The van der Waals surface area contributed by atoms with Crippen LogP contribution in [0.1, 0.15) is 10.4 Å². The van der Waals surface area contributed by atoms with E-state index in [2.05, 4.69) is 9.97 Å². The average Bonchev–Trinajstić information content (AvgIpc) is 2.35. The van der Waals surface area contributed by atoms with Gasteiger partial charge in [-0.1, -0.05) is 11.6 Å². The number of hydrogen-bond acceptors (Lipinski definition) is 5. The first kappa shape index (κ1) is 13.1. The maximum Gasteiger partial charge on any atom is 0.335 e. The maximum atomic E-state index is 10.8. The molecule has 0 saturated carbocycles. The zero-order valence-corrected chi connectivity index (χ0v) is 10.7. The zero-order valence-electron chi connectivity index (χ0n) is 9.13. The molecular formula is C11H9ClN2O3S. The van der Waals surface area contributed by atoms with Crippen LogP contribution >= 0.6 is 23.4 Å². The lowest BCUT2D eigenvalue weighted by Crippen LogP contribution is -1.98. The predicted octanol–water partition coefficient (Wildman–Crippen LogP) is 2.07. The van der Waals surface area contributed by atoms with Crippen LogP contribution in [0.2, 0.25) is 5.15 Å². The molecule has 0 aliphatic rings. The summed E-state index contributed by atoms with van der Waals surface area (Å²) in [4.78, 5) is 19.2. The minimum atomic E-state index is -1.02. The van der Waals surface area contributed by atoms with Crippen molar-refractivity contribution >= 4 is 40.4 Å². The minimum absolute atomic E-state index is 0.0265. The zero-order chi connectivity index (χ0) is 13.1. The van der Waals surface area contributed by atoms with Crippen molar-refractivity contribution in [1.29, 1.82) is 0 Å². The number of aromatic nitrogens is 2. The topological polar surface area (TPSA) is 83.3 Å². The molecule has 0 unspecified atom stereocenters. The fraction of sp³-hybridized carbons (Fsp3) is 0.182. The number of rotatable bonds is 4. The molecule has 0 saturated heterocycles. The van der Waals surface area contributed by atoms with E-state index in [-0.39, 0.29) is 17.3 Å². The fourth-order valence-corrected chi connectivity index (χ4v) is 2.29. The monoisotopic (exact) mass is 284 g/mol. The first-order chi connectivity index (χ1) is 8.61. The molecule has 0 radical (unpaired) electrons. The van der Waals surface area contributed by atoms with E-state index in [9.17, 15) is 4.79 Å². The van der Waals surface area contributed by atoms with Crippen molar-refractivity contribution < 1.29 is 15.0 Å². The van der Waals surface area contributed by atoms with Gasteiger partial charge in [0.2, 0.25) is 0 Å². The predicted molar refractivity (Wildman–Crippen MR) is 69.3 cm³/mol. The van der Waals surface area contributed by atoms with Crippen LogP contribution in [-0.4, -0.2) is 38.5 Å². The summed E-state index contributed by atoms with van der Waals surface area (Å²) in [6.45, 7) is 0.0265. The Bertz CT molecular complexity index is 606. The second-order valence-corrected chi connectivity index (χ2v) is 4.84. The van der Waals surface area contributed by atoms with Gasteiger partial charge in [-0.15, -0.1) is 11.8 Å². The van der Waals surface area contributed by atoms with E-state index in [0.717, 1.165) is 0 Å². The maximum absolute atomic E-state index is 10.8. The third-order valence-electron chi connectivity index (χ3n) is 2.17. The SMILES string of the molecule is O=C(O)c1ccc2nc(SCCO)c(Cl)nc2c1. The molecule has 7 heteroatoms. The van der Waals surface area contributed by atoms with Crippen LogP contribution in [0.5, 0.6) is 0 Å². The smallest absolute Gasteiger partial charge is 0.335 e. The van der Waals surface area contributed by atoms with Gasteiger partial charge < -0.3 is 10.2 Å². The van der Waals surface area contributed by atoms with Crippen LogP contribution in [0.4, 0.5) is 0 Å². The molecule has 18 heavy (non-hydrogen) atoms. The molecule has 1 heterocycles. The number of aliphatic hydroxyl groups excluding tert-OH is 1. The molecule has 2 rings (SSSR count). The Balaban J connectivity index is 2.46. The highest BCUT2D eigenvalue weighted by Gasteiger charge is 2.10. The van der Waals surface area contributed by atoms with E-state index < -0.39 is 5.97 Å². The van der Waals surface area contributed by atoms with Crippen LogP contribution in [0.15, 0.2) is 23.2 Å². The first-order valence-corrected chi connectivity index (χ1v) is 6.42. The lowest BCUT2D eigenvalue weighted by atomic mass is 10.2. The molecule has 0 amide bonds. The van der Waals surface area contributed by atoms with Gasteiger partial charge >= 0.3 is 5.97 Å². The van der Waals surface area contributed by atoms with Crippen molar-refractivity contribution in [3.05, 3.63) is 28.9 Å². The molecule has 0 atom stereocenters. The van der Waals surface area contributed by atoms with Gasteiger partial charge in [0.05, 0.1) is 23.2 Å². The summed E-state index contributed by atoms with van der Waals surface area (Å²) in [6.07, 6.45) is 0. The number of aliphatic hydroxyl groups is 1. The van der Waals surface area contributed by atoms with E-state index in [1.54, 1.807) is 6.07 Å². The summed E-state index contributed by atoms with van der Waals surface area (Å²) >= 11 is 7.25. The third kappa shape index (κ3) is 2.72. The molecule has 2 N–H and O–H groups in total. The summed E-state index contributed by atoms with van der Waals surface area (Å²) in [7, 11) is 0.